The Labute approximate surface area is 93.1 Å². The van der Waals surface area contributed by atoms with Gasteiger partial charge in [-0.2, -0.15) is 0 Å². The SMILES string of the molecule is CCC(C)(C)CC(C)c1ccc(O)cc1. The molecule has 84 valence electrons. The van der Waals surface area contributed by atoms with Crippen LogP contribution in [-0.4, -0.2) is 5.11 Å². The van der Waals surface area contributed by atoms with Crippen molar-refractivity contribution in [2.24, 2.45) is 5.41 Å². The van der Waals surface area contributed by atoms with Crippen LogP contribution in [0.3, 0.4) is 0 Å². The molecule has 1 N–H and O–H groups in total. The summed E-state index contributed by atoms with van der Waals surface area (Å²) >= 11 is 0. The van der Waals surface area contributed by atoms with E-state index in [1.54, 1.807) is 12.1 Å². The van der Waals surface area contributed by atoms with Crippen LogP contribution in [0.1, 0.15) is 52.0 Å². The summed E-state index contributed by atoms with van der Waals surface area (Å²) in [6, 6.07) is 7.58. The summed E-state index contributed by atoms with van der Waals surface area (Å²) < 4.78 is 0. The van der Waals surface area contributed by atoms with Crippen molar-refractivity contribution < 1.29 is 5.11 Å². The van der Waals surface area contributed by atoms with E-state index in [0.29, 0.717) is 17.1 Å². The summed E-state index contributed by atoms with van der Waals surface area (Å²) in [6.45, 7) is 9.11. The highest BCUT2D eigenvalue weighted by Gasteiger charge is 2.19. The minimum Gasteiger partial charge on any atom is -0.508 e. The van der Waals surface area contributed by atoms with E-state index in [0.717, 1.165) is 0 Å². The van der Waals surface area contributed by atoms with Crippen LogP contribution in [0, 0.1) is 5.41 Å². The van der Waals surface area contributed by atoms with Crippen molar-refractivity contribution in [1.29, 1.82) is 0 Å². The van der Waals surface area contributed by atoms with Crippen molar-refractivity contribution in [3.05, 3.63) is 29.8 Å². The molecule has 1 nitrogen and oxygen atoms in total. The third kappa shape index (κ3) is 3.58. The predicted molar refractivity (Wildman–Crippen MR) is 65.2 cm³/mol. The van der Waals surface area contributed by atoms with Crippen LogP contribution in [0.5, 0.6) is 5.75 Å². The minimum absolute atomic E-state index is 0.348. The topological polar surface area (TPSA) is 20.2 Å². The normalized spacial score (nSPS) is 13.9. The maximum Gasteiger partial charge on any atom is 0.115 e. The molecule has 0 amide bonds. The summed E-state index contributed by atoms with van der Waals surface area (Å²) in [6.07, 6.45) is 2.39. The van der Waals surface area contributed by atoms with E-state index < -0.39 is 0 Å². The predicted octanol–water partition coefficient (Wildman–Crippen LogP) is 4.32. The van der Waals surface area contributed by atoms with Crippen LogP contribution in [0.15, 0.2) is 24.3 Å². The van der Waals surface area contributed by atoms with Crippen LogP contribution >= 0.6 is 0 Å². The zero-order valence-corrected chi connectivity index (χ0v) is 10.2. The maximum atomic E-state index is 9.22. The lowest BCUT2D eigenvalue weighted by Crippen LogP contribution is -2.13. The zero-order valence-electron chi connectivity index (χ0n) is 10.2. The van der Waals surface area contributed by atoms with E-state index in [2.05, 4.69) is 27.7 Å². The molecule has 15 heavy (non-hydrogen) atoms. The fraction of sp³-hybridized carbons (Fsp3) is 0.571. The highest BCUT2D eigenvalue weighted by atomic mass is 16.3. The Kier molecular flexibility index (Phi) is 3.78. The number of hydrogen-bond acceptors (Lipinski definition) is 1. The lowest BCUT2D eigenvalue weighted by molar-refractivity contribution is 0.299. The molecular weight excluding hydrogens is 184 g/mol. The van der Waals surface area contributed by atoms with Gasteiger partial charge in [0.25, 0.3) is 0 Å². The second kappa shape index (κ2) is 4.69. The highest BCUT2D eigenvalue weighted by Crippen LogP contribution is 2.34. The summed E-state index contributed by atoms with van der Waals surface area (Å²) in [7, 11) is 0. The Morgan fingerprint density at radius 1 is 1.20 bits per heavy atom. The molecule has 1 heteroatoms. The van der Waals surface area contributed by atoms with Gasteiger partial charge in [0.15, 0.2) is 0 Å². The number of rotatable bonds is 4. The second-order valence-corrected chi connectivity index (χ2v) is 5.21. The summed E-state index contributed by atoms with van der Waals surface area (Å²) in [5, 5.41) is 9.22. The van der Waals surface area contributed by atoms with Gasteiger partial charge in [0, 0.05) is 0 Å². The molecule has 0 aliphatic carbocycles. The average molecular weight is 206 g/mol. The van der Waals surface area contributed by atoms with Crippen LogP contribution in [0.25, 0.3) is 0 Å². The van der Waals surface area contributed by atoms with E-state index in [9.17, 15) is 5.11 Å². The molecule has 0 heterocycles. The van der Waals surface area contributed by atoms with Gasteiger partial charge >= 0.3 is 0 Å². The van der Waals surface area contributed by atoms with Crippen molar-refractivity contribution in [3.63, 3.8) is 0 Å². The molecule has 0 aliphatic heterocycles. The molecule has 1 unspecified atom stereocenters. The van der Waals surface area contributed by atoms with Gasteiger partial charge in [0.1, 0.15) is 5.75 Å². The number of hydrogen-bond donors (Lipinski definition) is 1. The molecule has 1 rings (SSSR count). The van der Waals surface area contributed by atoms with Crippen LogP contribution < -0.4 is 0 Å². The van der Waals surface area contributed by atoms with Gasteiger partial charge < -0.3 is 5.11 Å². The first-order valence-electron chi connectivity index (χ1n) is 5.73. The van der Waals surface area contributed by atoms with Gasteiger partial charge in [0.2, 0.25) is 0 Å². The standard InChI is InChI=1S/C14H22O/c1-5-14(3,4)10-11(2)12-6-8-13(15)9-7-12/h6-9,11,15H,5,10H2,1-4H3. The number of phenolic OH excluding ortho intramolecular Hbond substituents is 1. The van der Waals surface area contributed by atoms with E-state index in [1.165, 1.54) is 18.4 Å². The molecule has 0 saturated heterocycles. The molecule has 0 aliphatic rings. The molecule has 0 bridgehead atoms. The summed E-state index contributed by atoms with van der Waals surface area (Å²) in [5.41, 5.74) is 1.71. The first-order valence-corrected chi connectivity index (χ1v) is 5.73. The van der Waals surface area contributed by atoms with Crippen molar-refractivity contribution >= 4 is 0 Å². The largest absolute Gasteiger partial charge is 0.508 e. The van der Waals surface area contributed by atoms with Crippen LogP contribution in [0.2, 0.25) is 0 Å². The van der Waals surface area contributed by atoms with Crippen LogP contribution in [0.4, 0.5) is 0 Å². The van der Waals surface area contributed by atoms with Gasteiger partial charge in [-0.3, -0.25) is 0 Å². The zero-order chi connectivity index (χ0) is 11.5. The number of aromatic hydroxyl groups is 1. The quantitative estimate of drug-likeness (QED) is 0.777. The number of benzene rings is 1. The molecule has 1 aromatic carbocycles. The lowest BCUT2D eigenvalue weighted by atomic mass is 9.79. The Morgan fingerprint density at radius 3 is 2.20 bits per heavy atom. The van der Waals surface area contributed by atoms with Gasteiger partial charge in [-0.05, 0) is 35.4 Å². The van der Waals surface area contributed by atoms with Crippen LogP contribution in [-0.2, 0) is 0 Å². The van der Waals surface area contributed by atoms with E-state index >= 15 is 0 Å². The van der Waals surface area contributed by atoms with Gasteiger partial charge in [-0.25, -0.2) is 0 Å². The van der Waals surface area contributed by atoms with Gasteiger partial charge in [-0.1, -0.05) is 46.2 Å². The first-order chi connectivity index (χ1) is 6.94. The Morgan fingerprint density at radius 2 is 1.73 bits per heavy atom. The van der Waals surface area contributed by atoms with Crippen molar-refractivity contribution in [2.45, 2.75) is 46.5 Å². The maximum absolute atomic E-state index is 9.22. The summed E-state index contributed by atoms with van der Waals surface area (Å²) in [4.78, 5) is 0. The van der Waals surface area contributed by atoms with Gasteiger partial charge in [0.05, 0.1) is 0 Å². The molecule has 0 saturated carbocycles. The average Bonchev–Trinajstić information content (AvgIpc) is 2.18. The molecule has 0 fully saturated rings. The van der Waals surface area contributed by atoms with Crippen molar-refractivity contribution in [3.8, 4) is 5.75 Å². The Hall–Kier alpha value is -0.980. The molecular formula is C14H22O. The molecule has 1 aromatic rings. The molecule has 0 radical (unpaired) electrons. The Balaban J connectivity index is 2.69. The number of phenols is 1. The monoisotopic (exact) mass is 206 g/mol. The Bertz CT molecular complexity index is 298. The van der Waals surface area contributed by atoms with Gasteiger partial charge in [-0.15, -0.1) is 0 Å². The fourth-order valence-corrected chi connectivity index (χ4v) is 1.89. The van der Waals surface area contributed by atoms with E-state index in [4.69, 9.17) is 0 Å². The lowest BCUT2D eigenvalue weighted by Gasteiger charge is -2.26. The third-order valence-corrected chi connectivity index (χ3v) is 3.28. The van der Waals surface area contributed by atoms with E-state index in [1.807, 2.05) is 12.1 Å². The molecule has 0 spiro atoms. The second-order valence-electron chi connectivity index (χ2n) is 5.21. The highest BCUT2D eigenvalue weighted by molar-refractivity contribution is 5.28. The third-order valence-electron chi connectivity index (χ3n) is 3.28. The smallest absolute Gasteiger partial charge is 0.115 e. The van der Waals surface area contributed by atoms with Crippen molar-refractivity contribution in [1.82, 2.24) is 0 Å². The fourth-order valence-electron chi connectivity index (χ4n) is 1.89. The minimum atomic E-state index is 0.348. The van der Waals surface area contributed by atoms with E-state index in [-0.39, 0.29) is 0 Å². The first kappa shape index (κ1) is 12.1. The summed E-state index contributed by atoms with van der Waals surface area (Å²) in [5.74, 6) is 0.904. The molecule has 0 aromatic heterocycles. The molecule has 1 atom stereocenters. The van der Waals surface area contributed by atoms with Crippen molar-refractivity contribution in [2.75, 3.05) is 0 Å².